The van der Waals surface area contributed by atoms with Gasteiger partial charge in [-0.25, -0.2) is 4.98 Å². The van der Waals surface area contributed by atoms with Crippen LogP contribution in [-0.4, -0.2) is 40.6 Å². The van der Waals surface area contributed by atoms with Crippen LogP contribution in [0.1, 0.15) is 24.1 Å². The predicted molar refractivity (Wildman–Crippen MR) is 142 cm³/mol. The van der Waals surface area contributed by atoms with E-state index in [4.69, 9.17) is 21.1 Å². The Labute approximate surface area is 221 Å². The molecule has 0 bridgehead atoms. The number of amides is 1. The van der Waals surface area contributed by atoms with Crippen LogP contribution in [0.4, 0.5) is 5.13 Å². The summed E-state index contributed by atoms with van der Waals surface area (Å²) in [4.78, 5) is 32.7. The molecule has 37 heavy (non-hydrogen) atoms. The standard InChI is InChI=1S/C27H21ClN2O6S/c1-3-36-17-6-4-5-15(11-17)24(32)22-23(14-7-10-19(31)20(12-14)35-2)30(26(34)25(22)33)27-29-18-9-8-16(28)13-21(18)37-27/h4-13,23,31-32H,3H2,1-2H3. The van der Waals surface area contributed by atoms with Crippen molar-refractivity contribution in [2.24, 2.45) is 0 Å². The number of hydrogen-bond acceptors (Lipinski definition) is 8. The van der Waals surface area contributed by atoms with Gasteiger partial charge in [-0.15, -0.1) is 0 Å². The van der Waals surface area contributed by atoms with E-state index in [0.29, 0.717) is 34.0 Å². The monoisotopic (exact) mass is 536 g/mol. The van der Waals surface area contributed by atoms with Crippen LogP contribution < -0.4 is 14.4 Å². The Kier molecular flexibility index (Phi) is 6.49. The van der Waals surface area contributed by atoms with Crippen LogP contribution in [-0.2, 0) is 9.59 Å². The lowest BCUT2D eigenvalue weighted by Gasteiger charge is -2.23. The van der Waals surface area contributed by atoms with Gasteiger partial charge in [-0.2, -0.15) is 0 Å². The van der Waals surface area contributed by atoms with Crippen molar-refractivity contribution >= 4 is 55.7 Å². The van der Waals surface area contributed by atoms with Gasteiger partial charge in [0.05, 0.1) is 35.5 Å². The maximum atomic E-state index is 13.4. The summed E-state index contributed by atoms with van der Waals surface area (Å²) in [5, 5.41) is 22.3. The number of ether oxygens (including phenoxy) is 2. The number of fused-ring (bicyclic) bond motifs is 1. The lowest BCUT2D eigenvalue weighted by Crippen LogP contribution is -2.29. The number of methoxy groups -OCH3 is 1. The molecule has 0 radical (unpaired) electrons. The van der Waals surface area contributed by atoms with Crippen LogP contribution in [0.15, 0.2) is 66.2 Å². The van der Waals surface area contributed by atoms with Crippen molar-refractivity contribution in [2.75, 3.05) is 18.6 Å². The summed E-state index contributed by atoms with van der Waals surface area (Å²) < 4.78 is 11.5. The number of aliphatic hydroxyl groups is 1. The number of rotatable bonds is 6. The van der Waals surface area contributed by atoms with Gasteiger partial charge in [-0.3, -0.25) is 14.5 Å². The largest absolute Gasteiger partial charge is 0.507 e. The second-order valence-corrected chi connectivity index (χ2v) is 9.62. The molecule has 4 aromatic rings. The van der Waals surface area contributed by atoms with E-state index in [9.17, 15) is 19.8 Å². The van der Waals surface area contributed by atoms with Crippen LogP contribution in [0.2, 0.25) is 5.02 Å². The van der Waals surface area contributed by atoms with Gasteiger partial charge < -0.3 is 19.7 Å². The van der Waals surface area contributed by atoms with Gasteiger partial charge in [0, 0.05) is 10.6 Å². The molecule has 8 nitrogen and oxygen atoms in total. The molecule has 2 N–H and O–H groups in total. The van der Waals surface area contributed by atoms with Gasteiger partial charge in [0.25, 0.3) is 5.78 Å². The molecule has 1 atom stereocenters. The van der Waals surface area contributed by atoms with Gasteiger partial charge in [0.1, 0.15) is 11.5 Å². The zero-order chi connectivity index (χ0) is 26.3. The van der Waals surface area contributed by atoms with Crippen molar-refractivity contribution in [3.05, 3.63) is 82.4 Å². The third-order valence-electron chi connectivity index (χ3n) is 5.93. The molecule has 0 spiro atoms. The molecular formula is C27H21ClN2O6S. The minimum absolute atomic E-state index is 0.109. The van der Waals surface area contributed by atoms with E-state index in [1.54, 1.807) is 48.5 Å². The zero-order valence-corrected chi connectivity index (χ0v) is 21.3. The van der Waals surface area contributed by atoms with E-state index < -0.39 is 17.7 Å². The number of thiazole rings is 1. The van der Waals surface area contributed by atoms with Gasteiger partial charge in [-0.05, 0) is 55.0 Å². The number of aromatic nitrogens is 1. The second-order valence-electron chi connectivity index (χ2n) is 8.17. The minimum Gasteiger partial charge on any atom is -0.507 e. The molecule has 0 aliphatic carbocycles. The molecule has 2 heterocycles. The molecule has 1 aliphatic rings. The van der Waals surface area contributed by atoms with Gasteiger partial charge in [0.15, 0.2) is 16.6 Å². The number of halogens is 1. The molecule has 1 fully saturated rings. The van der Waals surface area contributed by atoms with Crippen molar-refractivity contribution in [3.8, 4) is 17.2 Å². The van der Waals surface area contributed by atoms with Crippen molar-refractivity contribution in [1.29, 1.82) is 0 Å². The third-order valence-corrected chi connectivity index (χ3v) is 7.18. The van der Waals surface area contributed by atoms with Gasteiger partial charge >= 0.3 is 5.91 Å². The van der Waals surface area contributed by atoms with Crippen LogP contribution in [0.25, 0.3) is 16.0 Å². The molecule has 1 amide bonds. The van der Waals surface area contributed by atoms with E-state index in [1.807, 2.05) is 6.92 Å². The average molecular weight is 537 g/mol. The maximum Gasteiger partial charge on any atom is 0.301 e. The Morgan fingerprint density at radius 3 is 2.70 bits per heavy atom. The van der Waals surface area contributed by atoms with E-state index in [2.05, 4.69) is 4.98 Å². The highest BCUT2D eigenvalue weighted by Crippen LogP contribution is 2.46. The summed E-state index contributed by atoms with van der Waals surface area (Å²) >= 11 is 7.33. The first-order valence-corrected chi connectivity index (χ1v) is 12.5. The Morgan fingerprint density at radius 1 is 1.14 bits per heavy atom. The summed E-state index contributed by atoms with van der Waals surface area (Å²) in [6, 6.07) is 15.2. The van der Waals surface area contributed by atoms with Gasteiger partial charge in [-0.1, -0.05) is 41.1 Å². The number of carbonyl (C=O) groups is 2. The van der Waals surface area contributed by atoms with Crippen molar-refractivity contribution in [2.45, 2.75) is 13.0 Å². The molecule has 1 aliphatic heterocycles. The van der Waals surface area contributed by atoms with E-state index in [-0.39, 0.29) is 28.0 Å². The van der Waals surface area contributed by atoms with Crippen molar-refractivity contribution < 1.29 is 29.3 Å². The van der Waals surface area contributed by atoms with Gasteiger partial charge in [0.2, 0.25) is 0 Å². The normalized spacial score (nSPS) is 16.9. The maximum absolute atomic E-state index is 13.4. The number of aromatic hydroxyl groups is 1. The predicted octanol–water partition coefficient (Wildman–Crippen LogP) is 5.69. The van der Waals surface area contributed by atoms with E-state index >= 15 is 0 Å². The lowest BCUT2D eigenvalue weighted by atomic mass is 9.95. The molecule has 188 valence electrons. The summed E-state index contributed by atoms with van der Waals surface area (Å²) in [6.07, 6.45) is 0. The zero-order valence-electron chi connectivity index (χ0n) is 19.8. The number of anilines is 1. The summed E-state index contributed by atoms with van der Waals surface area (Å²) in [5.41, 5.74) is 1.24. The first-order chi connectivity index (χ1) is 17.8. The lowest BCUT2D eigenvalue weighted by molar-refractivity contribution is -0.132. The summed E-state index contributed by atoms with van der Waals surface area (Å²) in [5.74, 6) is -1.52. The number of ketones is 1. The smallest absolute Gasteiger partial charge is 0.301 e. The van der Waals surface area contributed by atoms with Crippen molar-refractivity contribution in [3.63, 3.8) is 0 Å². The fourth-order valence-electron chi connectivity index (χ4n) is 4.25. The highest BCUT2D eigenvalue weighted by Gasteiger charge is 2.48. The highest BCUT2D eigenvalue weighted by molar-refractivity contribution is 7.22. The molecule has 10 heteroatoms. The first-order valence-electron chi connectivity index (χ1n) is 11.3. The van der Waals surface area contributed by atoms with Crippen LogP contribution >= 0.6 is 22.9 Å². The molecule has 3 aromatic carbocycles. The number of benzene rings is 3. The minimum atomic E-state index is -1.04. The number of hydrogen-bond donors (Lipinski definition) is 2. The quantitative estimate of drug-likeness (QED) is 0.185. The Hall–Kier alpha value is -4.08. The molecule has 1 saturated heterocycles. The SMILES string of the molecule is CCOc1cccc(C(O)=C2C(=O)C(=O)N(c3nc4ccc(Cl)cc4s3)C2c2ccc(O)c(OC)c2)c1. The highest BCUT2D eigenvalue weighted by atomic mass is 35.5. The summed E-state index contributed by atoms with van der Waals surface area (Å²) in [7, 11) is 1.40. The number of phenols is 1. The average Bonchev–Trinajstić information content (AvgIpc) is 3.42. The fraction of sp³-hybridized carbons (Fsp3) is 0.148. The van der Waals surface area contributed by atoms with Crippen molar-refractivity contribution in [1.82, 2.24) is 4.98 Å². The van der Waals surface area contributed by atoms with Crippen LogP contribution in [0.3, 0.4) is 0 Å². The molecule has 0 saturated carbocycles. The number of aliphatic hydroxyl groups excluding tert-OH is 1. The fourth-order valence-corrected chi connectivity index (χ4v) is 5.52. The number of nitrogens with zero attached hydrogens (tertiary/aromatic N) is 2. The van der Waals surface area contributed by atoms with Crippen LogP contribution in [0, 0.1) is 0 Å². The number of phenolic OH excluding ortho intramolecular Hbond substituents is 1. The Bertz CT molecular complexity index is 1580. The Balaban J connectivity index is 1.73. The second kappa shape index (κ2) is 9.76. The molecule has 1 unspecified atom stereocenters. The Morgan fingerprint density at radius 2 is 1.95 bits per heavy atom. The molecule has 1 aromatic heterocycles. The topological polar surface area (TPSA) is 109 Å². The number of carbonyl (C=O) groups excluding carboxylic acids is 2. The molecule has 5 rings (SSSR count). The molecular weight excluding hydrogens is 516 g/mol. The van der Waals surface area contributed by atoms with E-state index in [0.717, 1.165) is 4.70 Å². The van der Waals surface area contributed by atoms with Crippen LogP contribution in [0.5, 0.6) is 17.2 Å². The first kappa shape index (κ1) is 24.6. The van der Waals surface area contributed by atoms with E-state index in [1.165, 1.54) is 35.5 Å². The third kappa shape index (κ3) is 4.36. The number of Topliss-reactive ketones (excluding diaryl/α,β-unsaturated/α-hetero) is 1. The summed E-state index contributed by atoms with van der Waals surface area (Å²) in [6.45, 7) is 2.25.